The molecule has 0 unspecified atom stereocenters. The molecule has 26 heavy (non-hydrogen) atoms. The molecule has 3 amide bonds. The van der Waals surface area contributed by atoms with Crippen molar-refractivity contribution in [3.8, 4) is 0 Å². The summed E-state index contributed by atoms with van der Waals surface area (Å²) >= 11 is 0. The minimum Gasteiger partial charge on any atom is -0.422 e. The Kier molecular flexibility index (Phi) is 4.53. The Hall–Kier alpha value is -3.49. The minimum atomic E-state index is -0.914. The maximum absolute atomic E-state index is 12.2. The van der Waals surface area contributed by atoms with E-state index in [0.717, 1.165) is 0 Å². The van der Waals surface area contributed by atoms with Gasteiger partial charge in [0.2, 0.25) is 6.41 Å². The van der Waals surface area contributed by atoms with Gasteiger partial charge in [-0.3, -0.25) is 14.4 Å². The molecule has 9 heteroatoms. The van der Waals surface area contributed by atoms with Crippen molar-refractivity contribution >= 4 is 40.9 Å². The number of imide groups is 1. The van der Waals surface area contributed by atoms with E-state index < -0.39 is 29.8 Å². The van der Waals surface area contributed by atoms with Gasteiger partial charge in [0.25, 0.3) is 11.8 Å². The second-order valence-electron chi connectivity index (χ2n) is 5.69. The van der Waals surface area contributed by atoms with Gasteiger partial charge in [-0.15, -0.1) is 5.06 Å². The van der Waals surface area contributed by atoms with Crippen molar-refractivity contribution in [2.24, 2.45) is 0 Å². The normalized spacial score (nSPS) is 14.0. The van der Waals surface area contributed by atoms with Crippen LogP contribution in [0, 0.1) is 6.92 Å². The van der Waals surface area contributed by atoms with Crippen LogP contribution in [0.1, 0.15) is 24.0 Å². The number of rotatable bonds is 5. The lowest BCUT2D eigenvalue weighted by atomic mass is 10.0. The maximum Gasteiger partial charge on any atom is 0.340 e. The van der Waals surface area contributed by atoms with Crippen LogP contribution >= 0.6 is 0 Å². The first-order valence-corrected chi connectivity index (χ1v) is 7.74. The van der Waals surface area contributed by atoms with E-state index in [9.17, 15) is 24.0 Å². The van der Waals surface area contributed by atoms with Crippen molar-refractivity contribution in [1.29, 1.82) is 0 Å². The first-order valence-electron chi connectivity index (χ1n) is 7.74. The summed E-state index contributed by atoms with van der Waals surface area (Å²) in [6, 6.07) is 4.75. The molecule has 1 N–H and O–H groups in total. The molecule has 1 aliphatic rings. The average molecular weight is 358 g/mol. The van der Waals surface area contributed by atoms with Crippen LogP contribution in [0.4, 0.5) is 5.69 Å². The summed E-state index contributed by atoms with van der Waals surface area (Å²) in [5.41, 5.74) is 0.534. The summed E-state index contributed by atoms with van der Waals surface area (Å²) in [7, 11) is 0. The standard InChI is InChI=1S/C17H14N2O7/c1-9-11-3-2-10(18-8-20)6-13(11)25-17(24)12(9)7-16(23)26-19-14(21)4-5-15(19)22/h2-3,6,8H,4-5,7H2,1H3,(H,18,20). The van der Waals surface area contributed by atoms with Gasteiger partial charge in [0.15, 0.2) is 0 Å². The number of hydrogen-bond donors (Lipinski definition) is 1. The number of aryl methyl sites for hydroxylation is 1. The number of benzene rings is 1. The summed E-state index contributed by atoms with van der Waals surface area (Å²) < 4.78 is 5.21. The van der Waals surface area contributed by atoms with Crippen molar-refractivity contribution in [2.75, 3.05) is 5.32 Å². The van der Waals surface area contributed by atoms with E-state index in [0.29, 0.717) is 28.1 Å². The molecule has 0 aliphatic carbocycles. The lowest BCUT2D eigenvalue weighted by molar-refractivity contribution is -0.197. The van der Waals surface area contributed by atoms with Crippen LogP contribution in [0.15, 0.2) is 27.4 Å². The van der Waals surface area contributed by atoms with Gasteiger partial charge in [-0.1, -0.05) is 0 Å². The molecule has 1 fully saturated rings. The summed E-state index contributed by atoms with van der Waals surface area (Å²) in [6.07, 6.45) is 0.0216. The number of nitrogens with one attached hydrogen (secondary N) is 1. The Morgan fingerprint density at radius 3 is 2.62 bits per heavy atom. The summed E-state index contributed by atoms with van der Waals surface area (Å²) in [5.74, 6) is -2.11. The first kappa shape index (κ1) is 17.3. The molecule has 1 saturated heterocycles. The average Bonchev–Trinajstić information content (AvgIpc) is 2.90. The molecule has 1 aromatic heterocycles. The van der Waals surface area contributed by atoms with Gasteiger partial charge in [-0.05, 0) is 24.6 Å². The van der Waals surface area contributed by atoms with E-state index >= 15 is 0 Å². The Morgan fingerprint density at radius 1 is 1.27 bits per heavy atom. The monoisotopic (exact) mass is 358 g/mol. The third kappa shape index (κ3) is 3.18. The van der Waals surface area contributed by atoms with Gasteiger partial charge in [-0.25, -0.2) is 9.59 Å². The van der Waals surface area contributed by atoms with Crippen molar-refractivity contribution in [3.05, 3.63) is 39.7 Å². The van der Waals surface area contributed by atoms with E-state index in [4.69, 9.17) is 9.25 Å². The van der Waals surface area contributed by atoms with Crippen LogP contribution in [-0.2, 0) is 30.4 Å². The lowest BCUT2D eigenvalue weighted by Gasteiger charge is -2.13. The lowest BCUT2D eigenvalue weighted by Crippen LogP contribution is -2.33. The van der Waals surface area contributed by atoms with E-state index in [1.165, 1.54) is 6.07 Å². The number of carbonyl (C=O) groups excluding carboxylic acids is 4. The van der Waals surface area contributed by atoms with Crippen molar-refractivity contribution < 1.29 is 28.4 Å². The smallest absolute Gasteiger partial charge is 0.340 e. The maximum atomic E-state index is 12.2. The predicted octanol–water partition coefficient (Wildman–Crippen LogP) is 0.819. The molecular formula is C17H14N2O7. The predicted molar refractivity (Wildman–Crippen MR) is 87.8 cm³/mol. The van der Waals surface area contributed by atoms with Gasteiger partial charge in [0.05, 0.1) is 12.0 Å². The van der Waals surface area contributed by atoms with Crippen LogP contribution in [-0.4, -0.2) is 29.3 Å². The van der Waals surface area contributed by atoms with Gasteiger partial charge < -0.3 is 14.6 Å². The first-order chi connectivity index (χ1) is 12.4. The molecule has 0 spiro atoms. The molecule has 1 aromatic carbocycles. The Labute approximate surface area is 146 Å². The topological polar surface area (TPSA) is 123 Å². The fourth-order valence-electron chi connectivity index (χ4n) is 2.69. The highest BCUT2D eigenvalue weighted by Crippen LogP contribution is 2.23. The second kappa shape index (κ2) is 6.79. The molecule has 0 saturated carbocycles. The van der Waals surface area contributed by atoms with E-state index in [-0.39, 0.29) is 24.0 Å². The summed E-state index contributed by atoms with van der Waals surface area (Å²) in [5, 5.41) is 3.46. The highest BCUT2D eigenvalue weighted by molar-refractivity contribution is 6.01. The summed E-state index contributed by atoms with van der Waals surface area (Å²) in [4.78, 5) is 62.5. The van der Waals surface area contributed by atoms with Crippen LogP contribution in [0.3, 0.4) is 0 Å². The van der Waals surface area contributed by atoms with Crippen molar-refractivity contribution in [1.82, 2.24) is 5.06 Å². The quantitative estimate of drug-likeness (QED) is 0.477. The molecule has 2 heterocycles. The fraction of sp³-hybridized carbons (Fsp3) is 0.235. The Balaban J connectivity index is 1.88. The Bertz CT molecular complexity index is 977. The largest absolute Gasteiger partial charge is 0.422 e. The molecule has 9 nitrogen and oxygen atoms in total. The molecule has 2 aromatic rings. The van der Waals surface area contributed by atoms with Gasteiger partial charge in [0.1, 0.15) is 5.58 Å². The van der Waals surface area contributed by atoms with Gasteiger partial charge in [0, 0.05) is 30.0 Å². The molecule has 134 valence electrons. The Morgan fingerprint density at radius 2 is 1.96 bits per heavy atom. The van der Waals surface area contributed by atoms with E-state index in [1.54, 1.807) is 19.1 Å². The van der Waals surface area contributed by atoms with E-state index in [2.05, 4.69) is 5.32 Å². The number of hydrogen-bond acceptors (Lipinski definition) is 7. The van der Waals surface area contributed by atoms with Gasteiger partial charge in [-0.2, -0.15) is 0 Å². The molecule has 3 rings (SSSR count). The molecule has 0 radical (unpaired) electrons. The SMILES string of the molecule is Cc1c(CC(=O)ON2C(=O)CCC2=O)c(=O)oc2cc(NC=O)ccc12. The van der Waals surface area contributed by atoms with Crippen molar-refractivity contribution in [3.63, 3.8) is 0 Å². The number of nitrogens with zero attached hydrogens (tertiary/aromatic N) is 1. The number of hydroxylamine groups is 2. The third-order valence-corrected chi connectivity index (χ3v) is 4.03. The number of fused-ring (bicyclic) bond motifs is 1. The summed E-state index contributed by atoms with van der Waals surface area (Å²) in [6.45, 7) is 1.64. The number of carbonyl (C=O) groups is 4. The highest BCUT2D eigenvalue weighted by atomic mass is 16.7. The van der Waals surface area contributed by atoms with Crippen LogP contribution in [0.25, 0.3) is 11.0 Å². The number of anilines is 1. The highest BCUT2D eigenvalue weighted by Gasteiger charge is 2.33. The van der Waals surface area contributed by atoms with Crippen LogP contribution < -0.4 is 10.9 Å². The third-order valence-electron chi connectivity index (χ3n) is 4.03. The van der Waals surface area contributed by atoms with Crippen molar-refractivity contribution in [2.45, 2.75) is 26.2 Å². The molecule has 0 bridgehead atoms. The minimum absolute atomic E-state index is 0.0135. The zero-order valence-corrected chi connectivity index (χ0v) is 13.7. The molecule has 1 aliphatic heterocycles. The van der Waals surface area contributed by atoms with Gasteiger partial charge >= 0.3 is 11.6 Å². The van der Waals surface area contributed by atoms with Crippen LogP contribution in [0.2, 0.25) is 0 Å². The number of amides is 3. The zero-order chi connectivity index (χ0) is 18.8. The molecule has 0 atom stereocenters. The fourth-order valence-corrected chi connectivity index (χ4v) is 2.69. The van der Waals surface area contributed by atoms with Crippen LogP contribution in [0.5, 0.6) is 0 Å². The second-order valence-corrected chi connectivity index (χ2v) is 5.69. The van der Waals surface area contributed by atoms with E-state index in [1.807, 2.05) is 0 Å². The molecular weight excluding hydrogens is 344 g/mol. The zero-order valence-electron chi connectivity index (χ0n) is 13.7.